The van der Waals surface area contributed by atoms with E-state index in [-0.39, 0.29) is 4.90 Å². The van der Waals surface area contributed by atoms with Crippen LogP contribution in [0.3, 0.4) is 0 Å². The largest absolute Gasteiger partial charge is 0.426 e. The summed E-state index contributed by atoms with van der Waals surface area (Å²) in [4.78, 5) is 11.0. The molecule has 0 bridgehead atoms. The van der Waals surface area contributed by atoms with Crippen molar-refractivity contribution in [2.24, 2.45) is 0 Å². The Morgan fingerprint density at radius 3 is 2.18 bits per heavy atom. The van der Waals surface area contributed by atoms with Gasteiger partial charge in [-0.25, -0.2) is 8.42 Å². The SMILES string of the molecule is CC(=O)Oc1c(C)cc(S(=O)(=O)Cl)c(C)c1C. The molecule has 6 heteroatoms. The number of esters is 1. The van der Waals surface area contributed by atoms with E-state index in [0.29, 0.717) is 22.4 Å². The predicted molar refractivity (Wildman–Crippen MR) is 65.0 cm³/mol. The molecule has 0 N–H and O–H groups in total. The van der Waals surface area contributed by atoms with Crippen LogP contribution in [-0.4, -0.2) is 14.4 Å². The second-order valence-corrected chi connectivity index (χ2v) is 6.34. The topological polar surface area (TPSA) is 60.4 Å². The highest BCUT2D eigenvalue weighted by Gasteiger charge is 2.20. The quantitative estimate of drug-likeness (QED) is 0.473. The third kappa shape index (κ3) is 2.98. The molecule has 0 aliphatic rings. The summed E-state index contributed by atoms with van der Waals surface area (Å²) in [7, 11) is 1.54. The van der Waals surface area contributed by atoms with Crippen LogP contribution in [0.15, 0.2) is 11.0 Å². The van der Waals surface area contributed by atoms with Gasteiger partial charge in [-0.15, -0.1) is 0 Å². The van der Waals surface area contributed by atoms with E-state index in [1.165, 1.54) is 13.0 Å². The summed E-state index contributed by atoms with van der Waals surface area (Å²) >= 11 is 0. The number of hydrogen-bond acceptors (Lipinski definition) is 4. The van der Waals surface area contributed by atoms with Gasteiger partial charge in [-0.05, 0) is 43.5 Å². The molecule has 0 heterocycles. The van der Waals surface area contributed by atoms with Gasteiger partial charge in [-0.1, -0.05) is 0 Å². The lowest BCUT2D eigenvalue weighted by Gasteiger charge is -2.14. The molecule has 0 aliphatic heterocycles. The first-order valence-corrected chi connectivity index (χ1v) is 7.19. The minimum absolute atomic E-state index is 0.0464. The summed E-state index contributed by atoms with van der Waals surface area (Å²) in [6.07, 6.45) is 0. The number of benzene rings is 1. The minimum Gasteiger partial charge on any atom is -0.426 e. The molecule has 1 aromatic rings. The van der Waals surface area contributed by atoms with E-state index in [9.17, 15) is 13.2 Å². The first-order chi connectivity index (χ1) is 7.64. The zero-order valence-electron chi connectivity index (χ0n) is 10.00. The summed E-state index contributed by atoms with van der Waals surface area (Å²) in [6, 6.07) is 1.41. The van der Waals surface area contributed by atoms with Gasteiger partial charge in [0.15, 0.2) is 0 Å². The Bertz CT molecular complexity index is 576. The number of hydrogen-bond donors (Lipinski definition) is 0. The summed E-state index contributed by atoms with van der Waals surface area (Å²) in [5, 5.41) is 0. The van der Waals surface area contributed by atoms with E-state index >= 15 is 0 Å². The molecule has 1 aromatic carbocycles. The summed E-state index contributed by atoms with van der Waals surface area (Å²) in [5.74, 6) is -0.0591. The highest BCUT2D eigenvalue weighted by atomic mass is 35.7. The van der Waals surface area contributed by atoms with Gasteiger partial charge in [0.05, 0.1) is 4.90 Å². The van der Waals surface area contributed by atoms with E-state index in [1.807, 2.05) is 0 Å². The smallest absolute Gasteiger partial charge is 0.308 e. The molecular formula is C11H13ClO4S. The van der Waals surface area contributed by atoms with Gasteiger partial charge in [-0.2, -0.15) is 0 Å². The van der Waals surface area contributed by atoms with Crippen molar-refractivity contribution in [2.45, 2.75) is 32.6 Å². The average molecular weight is 277 g/mol. The maximum atomic E-state index is 11.3. The lowest BCUT2D eigenvalue weighted by atomic mass is 10.1. The molecule has 0 amide bonds. The van der Waals surface area contributed by atoms with Crippen LogP contribution in [0.4, 0.5) is 0 Å². The van der Waals surface area contributed by atoms with E-state index in [1.54, 1.807) is 20.8 Å². The van der Waals surface area contributed by atoms with E-state index in [0.717, 1.165) is 0 Å². The predicted octanol–water partition coefficient (Wildman–Crippen LogP) is 2.46. The maximum absolute atomic E-state index is 11.3. The van der Waals surface area contributed by atoms with E-state index in [2.05, 4.69) is 0 Å². The van der Waals surface area contributed by atoms with Crippen LogP contribution < -0.4 is 4.74 Å². The van der Waals surface area contributed by atoms with Gasteiger partial charge in [0.1, 0.15) is 5.75 Å². The van der Waals surface area contributed by atoms with Crippen LogP contribution in [0.2, 0.25) is 0 Å². The number of aryl methyl sites for hydroxylation is 1. The first-order valence-electron chi connectivity index (χ1n) is 4.88. The number of carbonyl (C=O) groups excluding carboxylic acids is 1. The summed E-state index contributed by atoms with van der Waals surface area (Å²) in [6.45, 7) is 6.26. The highest BCUT2D eigenvalue weighted by Crippen LogP contribution is 2.32. The van der Waals surface area contributed by atoms with Crippen LogP contribution >= 0.6 is 10.7 Å². The van der Waals surface area contributed by atoms with E-state index in [4.69, 9.17) is 15.4 Å². The molecule has 0 fully saturated rings. The fourth-order valence-electron chi connectivity index (χ4n) is 1.58. The number of ether oxygens (including phenoxy) is 1. The van der Waals surface area contributed by atoms with Crippen LogP contribution in [0.25, 0.3) is 0 Å². The standard InChI is InChI=1S/C11H13ClO4S/c1-6-5-10(17(12,14)15)7(2)8(3)11(6)16-9(4)13/h5H,1-4H3. The van der Waals surface area contributed by atoms with Crippen molar-refractivity contribution in [3.8, 4) is 5.75 Å². The maximum Gasteiger partial charge on any atom is 0.308 e. The van der Waals surface area contributed by atoms with Crippen molar-refractivity contribution < 1.29 is 17.9 Å². The second kappa shape index (κ2) is 4.66. The highest BCUT2D eigenvalue weighted by molar-refractivity contribution is 8.13. The van der Waals surface area contributed by atoms with Gasteiger partial charge >= 0.3 is 5.97 Å². The van der Waals surface area contributed by atoms with Gasteiger partial charge in [0.25, 0.3) is 9.05 Å². The van der Waals surface area contributed by atoms with Gasteiger partial charge in [-0.3, -0.25) is 4.79 Å². The molecule has 1 rings (SSSR count). The number of carbonyl (C=O) groups is 1. The molecule has 0 atom stereocenters. The monoisotopic (exact) mass is 276 g/mol. The van der Waals surface area contributed by atoms with Gasteiger partial charge in [0, 0.05) is 17.6 Å². The molecule has 0 aliphatic carbocycles. The molecule has 94 valence electrons. The summed E-state index contributed by atoms with van der Waals surface area (Å²) in [5.41, 5.74) is 1.64. The van der Waals surface area contributed by atoms with Crippen LogP contribution in [0.5, 0.6) is 5.75 Å². The van der Waals surface area contributed by atoms with Crippen molar-refractivity contribution in [1.29, 1.82) is 0 Å². The van der Waals surface area contributed by atoms with Gasteiger partial charge in [0.2, 0.25) is 0 Å². The van der Waals surface area contributed by atoms with Crippen molar-refractivity contribution in [3.63, 3.8) is 0 Å². The Hall–Kier alpha value is -1.07. The Kier molecular flexibility index (Phi) is 3.84. The molecule has 0 radical (unpaired) electrons. The summed E-state index contributed by atoms with van der Waals surface area (Å²) < 4.78 is 27.7. The second-order valence-electron chi connectivity index (χ2n) is 3.80. The fraction of sp³-hybridized carbons (Fsp3) is 0.364. The van der Waals surface area contributed by atoms with Crippen molar-refractivity contribution in [2.75, 3.05) is 0 Å². The molecular weight excluding hydrogens is 264 g/mol. The first kappa shape index (κ1) is 14.0. The van der Waals surface area contributed by atoms with Crippen LogP contribution in [-0.2, 0) is 13.8 Å². The zero-order chi connectivity index (χ0) is 13.4. The lowest BCUT2D eigenvalue weighted by molar-refractivity contribution is -0.131. The molecule has 0 saturated heterocycles. The Balaban J connectivity index is 3.53. The molecule has 4 nitrogen and oxygen atoms in total. The Morgan fingerprint density at radius 1 is 1.24 bits per heavy atom. The van der Waals surface area contributed by atoms with Crippen molar-refractivity contribution >= 4 is 25.7 Å². The minimum atomic E-state index is -3.79. The van der Waals surface area contributed by atoms with Gasteiger partial charge < -0.3 is 4.74 Å². The van der Waals surface area contributed by atoms with Crippen LogP contribution in [0.1, 0.15) is 23.6 Å². The molecule has 17 heavy (non-hydrogen) atoms. The van der Waals surface area contributed by atoms with Crippen LogP contribution in [0, 0.1) is 20.8 Å². The fourth-order valence-corrected chi connectivity index (χ4v) is 2.89. The third-order valence-corrected chi connectivity index (χ3v) is 3.94. The van der Waals surface area contributed by atoms with Crippen molar-refractivity contribution in [3.05, 3.63) is 22.8 Å². The number of halogens is 1. The Morgan fingerprint density at radius 2 is 1.76 bits per heavy atom. The molecule has 0 aromatic heterocycles. The van der Waals surface area contributed by atoms with Crippen molar-refractivity contribution in [1.82, 2.24) is 0 Å². The molecule has 0 unspecified atom stereocenters. The number of rotatable bonds is 2. The third-order valence-electron chi connectivity index (χ3n) is 2.49. The zero-order valence-corrected chi connectivity index (χ0v) is 11.6. The lowest BCUT2D eigenvalue weighted by Crippen LogP contribution is -2.07. The Labute approximate surface area is 105 Å². The molecule has 0 saturated carbocycles. The van der Waals surface area contributed by atoms with E-state index < -0.39 is 15.0 Å². The normalized spacial score (nSPS) is 11.4. The average Bonchev–Trinajstić information content (AvgIpc) is 2.16. The molecule has 0 spiro atoms.